The van der Waals surface area contributed by atoms with E-state index in [1.807, 2.05) is 49.9 Å². The van der Waals surface area contributed by atoms with Crippen molar-refractivity contribution in [3.63, 3.8) is 0 Å². The van der Waals surface area contributed by atoms with Crippen molar-refractivity contribution < 1.29 is 14.3 Å². The summed E-state index contributed by atoms with van der Waals surface area (Å²) in [5.74, 6) is 0.866. The summed E-state index contributed by atoms with van der Waals surface area (Å²) in [7, 11) is 0. The van der Waals surface area contributed by atoms with Crippen LogP contribution in [-0.4, -0.2) is 60.3 Å². The molecule has 0 spiro atoms. The molecule has 0 aromatic heterocycles. The van der Waals surface area contributed by atoms with E-state index in [0.29, 0.717) is 13.2 Å². The molecule has 1 atom stereocenters. The van der Waals surface area contributed by atoms with Gasteiger partial charge in [0.25, 0.3) is 0 Å². The van der Waals surface area contributed by atoms with Gasteiger partial charge in [0.1, 0.15) is 18.0 Å². The Hall–Kier alpha value is -1.27. The van der Waals surface area contributed by atoms with Gasteiger partial charge in [-0.1, -0.05) is 22.0 Å². The number of carbonyl (C=O) groups is 1. The second kappa shape index (κ2) is 8.21. The first-order valence-electron chi connectivity index (χ1n) is 8.35. The van der Waals surface area contributed by atoms with Crippen LogP contribution in [-0.2, 0) is 4.74 Å². The molecule has 1 aliphatic rings. The maximum atomic E-state index is 12.2. The maximum absolute atomic E-state index is 12.2. The first-order chi connectivity index (χ1) is 11.2. The second-order valence-corrected chi connectivity index (χ2v) is 8.04. The van der Waals surface area contributed by atoms with Crippen molar-refractivity contribution in [2.75, 3.05) is 32.8 Å². The van der Waals surface area contributed by atoms with Crippen molar-refractivity contribution in [2.45, 2.75) is 39.3 Å². The van der Waals surface area contributed by atoms with Gasteiger partial charge >= 0.3 is 6.09 Å². The SMILES string of the molecule is C[C@H]1CN(CCOc2cccc(Br)c2)CCN1C(=O)OC(C)(C)C. The van der Waals surface area contributed by atoms with Crippen LogP contribution in [0.1, 0.15) is 27.7 Å². The summed E-state index contributed by atoms with van der Waals surface area (Å²) in [4.78, 5) is 16.4. The highest BCUT2D eigenvalue weighted by atomic mass is 79.9. The number of ether oxygens (including phenoxy) is 2. The number of rotatable bonds is 4. The summed E-state index contributed by atoms with van der Waals surface area (Å²) in [6.07, 6.45) is -0.222. The highest BCUT2D eigenvalue weighted by Crippen LogP contribution is 2.18. The first-order valence-corrected chi connectivity index (χ1v) is 9.14. The van der Waals surface area contributed by atoms with E-state index in [9.17, 15) is 4.79 Å². The van der Waals surface area contributed by atoms with Gasteiger partial charge in [-0.2, -0.15) is 0 Å². The van der Waals surface area contributed by atoms with Crippen LogP contribution in [0.5, 0.6) is 5.75 Å². The van der Waals surface area contributed by atoms with Gasteiger partial charge in [0, 0.05) is 36.7 Å². The minimum Gasteiger partial charge on any atom is -0.492 e. The van der Waals surface area contributed by atoms with Gasteiger partial charge in [0.05, 0.1) is 0 Å². The number of hydrogen-bond donors (Lipinski definition) is 0. The Morgan fingerprint density at radius 2 is 2.08 bits per heavy atom. The number of nitrogens with zero attached hydrogens (tertiary/aromatic N) is 2. The topological polar surface area (TPSA) is 42.0 Å². The minimum atomic E-state index is -0.453. The molecule has 1 saturated heterocycles. The van der Waals surface area contributed by atoms with Gasteiger partial charge in [-0.3, -0.25) is 4.90 Å². The number of piperazine rings is 1. The van der Waals surface area contributed by atoms with Gasteiger partial charge in [-0.25, -0.2) is 4.79 Å². The van der Waals surface area contributed by atoms with Crippen molar-refractivity contribution in [2.24, 2.45) is 0 Å². The lowest BCUT2D eigenvalue weighted by atomic mass is 10.2. The quantitative estimate of drug-likeness (QED) is 0.773. The van der Waals surface area contributed by atoms with Crippen LogP contribution in [0, 0.1) is 0 Å². The number of benzene rings is 1. The molecule has 2 rings (SSSR count). The largest absolute Gasteiger partial charge is 0.492 e. The Kier molecular flexibility index (Phi) is 6.52. The predicted octanol–water partition coefficient (Wildman–Crippen LogP) is 3.77. The molecule has 0 unspecified atom stereocenters. The molecule has 0 radical (unpaired) electrons. The number of hydrogen-bond acceptors (Lipinski definition) is 4. The molecular formula is C18H27BrN2O3. The van der Waals surface area contributed by atoms with E-state index >= 15 is 0 Å². The number of halogens is 1. The molecule has 1 amide bonds. The number of amides is 1. The normalized spacial score (nSPS) is 19.2. The summed E-state index contributed by atoms with van der Waals surface area (Å²) in [6.45, 7) is 11.6. The fourth-order valence-corrected chi connectivity index (χ4v) is 3.06. The zero-order valence-electron chi connectivity index (χ0n) is 14.9. The molecule has 24 heavy (non-hydrogen) atoms. The average molecular weight is 399 g/mol. The highest BCUT2D eigenvalue weighted by molar-refractivity contribution is 9.10. The molecule has 0 N–H and O–H groups in total. The van der Waals surface area contributed by atoms with Gasteiger partial charge in [-0.15, -0.1) is 0 Å². The Balaban J connectivity index is 1.75. The van der Waals surface area contributed by atoms with Crippen molar-refractivity contribution in [3.05, 3.63) is 28.7 Å². The summed E-state index contributed by atoms with van der Waals surface area (Å²) < 4.78 is 12.3. The smallest absolute Gasteiger partial charge is 0.410 e. The van der Waals surface area contributed by atoms with Gasteiger partial charge in [-0.05, 0) is 45.9 Å². The monoisotopic (exact) mass is 398 g/mol. The Bertz CT molecular complexity index is 559. The van der Waals surface area contributed by atoms with E-state index < -0.39 is 5.60 Å². The zero-order chi connectivity index (χ0) is 17.7. The van der Waals surface area contributed by atoms with E-state index in [1.54, 1.807) is 0 Å². The standard InChI is InChI=1S/C18H27BrN2O3/c1-14-13-20(8-9-21(14)17(22)24-18(2,3)4)10-11-23-16-7-5-6-15(19)12-16/h5-7,12,14H,8-11,13H2,1-4H3/t14-/m0/s1. The average Bonchev–Trinajstić information content (AvgIpc) is 2.45. The lowest BCUT2D eigenvalue weighted by molar-refractivity contribution is 0.000361. The van der Waals surface area contributed by atoms with Crippen molar-refractivity contribution in [1.29, 1.82) is 0 Å². The molecule has 0 saturated carbocycles. The lowest BCUT2D eigenvalue weighted by Crippen LogP contribution is -2.55. The van der Waals surface area contributed by atoms with Crippen LogP contribution in [0.25, 0.3) is 0 Å². The van der Waals surface area contributed by atoms with Gasteiger partial charge in [0.15, 0.2) is 0 Å². The summed E-state index contributed by atoms with van der Waals surface area (Å²) in [6, 6.07) is 7.99. The zero-order valence-corrected chi connectivity index (χ0v) is 16.5. The third kappa shape index (κ3) is 5.98. The second-order valence-electron chi connectivity index (χ2n) is 7.13. The summed E-state index contributed by atoms with van der Waals surface area (Å²) in [5.41, 5.74) is -0.453. The Labute approximate surface area is 153 Å². The van der Waals surface area contributed by atoms with E-state index in [4.69, 9.17) is 9.47 Å². The third-order valence-electron chi connectivity index (χ3n) is 3.81. The van der Waals surface area contributed by atoms with Crippen LogP contribution in [0.15, 0.2) is 28.7 Å². The molecule has 1 aliphatic heterocycles. The van der Waals surface area contributed by atoms with E-state index in [1.165, 1.54) is 0 Å². The summed E-state index contributed by atoms with van der Waals surface area (Å²) >= 11 is 3.44. The van der Waals surface area contributed by atoms with Crippen molar-refractivity contribution >= 4 is 22.0 Å². The van der Waals surface area contributed by atoms with Gasteiger partial charge in [0.2, 0.25) is 0 Å². The lowest BCUT2D eigenvalue weighted by Gasteiger charge is -2.40. The van der Waals surface area contributed by atoms with E-state index in [2.05, 4.69) is 27.8 Å². The Morgan fingerprint density at radius 1 is 1.33 bits per heavy atom. The maximum Gasteiger partial charge on any atom is 0.410 e. The van der Waals surface area contributed by atoms with E-state index in [0.717, 1.165) is 29.9 Å². The molecule has 6 heteroatoms. The molecule has 0 bridgehead atoms. The highest BCUT2D eigenvalue weighted by Gasteiger charge is 2.30. The Morgan fingerprint density at radius 3 is 2.71 bits per heavy atom. The van der Waals surface area contributed by atoms with Crippen LogP contribution >= 0.6 is 15.9 Å². The molecule has 5 nitrogen and oxygen atoms in total. The van der Waals surface area contributed by atoms with Crippen molar-refractivity contribution in [3.8, 4) is 5.75 Å². The van der Waals surface area contributed by atoms with Crippen LogP contribution in [0.4, 0.5) is 4.79 Å². The molecule has 0 aliphatic carbocycles. The fourth-order valence-electron chi connectivity index (χ4n) is 2.68. The molecular weight excluding hydrogens is 372 g/mol. The van der Waals surface area contributed by atoms with Gasteiger partial charge < -0.3 is 14.4 Å². The molecule has 1 fully saturated rings. The first kappa shape index (κ1) is 19.1. The molecule has 134 valence electrons. The minimum absolute atomic E-state index is 0.138. The van der Waals surface area contributed by atoms with Crippen molar-refractivity contribution in [1.82, 2.24) is 9.80 Å². The van der Waals surface area contributed by atoms with Crippen LogP contribution < -0.4 is 4.74 Å². The molecule has 1 heterocycles. The third-order valence-corrected chi connectivity index (χ3v) is 4.31. The number of carbonyl (C=O) groups excluding carboxylic acids is 1. The summed E-state index contributed by atoms with van der Waals surface area (Å²) in [5, 5.41) is 0. The van der Waals surface area contributed by atoms with Crippen LogP contribution in [0.3, 0.4) is 0 Å². The van der Waals surface area contributed by atoms with E-state index in [-0.39, 0.29) is 12.1 Å². The predicted molar refractivity (Wildman–Crippen MR) is 98.5 cm³/mol. The fraction of sp³-hybridized carbons (Fsp3) is 0.611. The van der Waals surface area contributed by atoms with Crippen LogP contribution in [0.2, 0.25) is 0 Å². The molecule has 1 aromatic rings. The molecule has 1 aromatic carbocycles.